The lowest BCUT2D eigenvalue weighted by molar-refractivity contribution is 0.596. The summed E-state index contributed by atoms with van der Waals surface area (Å²) >= 11 is 0. The summed E-state index contributed by atoms with van der Waals surface area (Å²) in [5.41, 5.74) is 9.12. The topological polar surface area (TPSA) is 82.9 Å². The summed E-state index contributed by atoms with van der Waals surface area (Å²) < 4.78 is 25.9. The van der Waals surface area contributed by atoms with Crippen LogP contribution >= 0.6 is 0 Å². The molecule has 164 valence electrons. The average Bonchev–Trinajstić information content (AvgIpc) is 2.86. The van der Waals surface area contributed by atoms with Crippen LogP contribution in [-0.4, -0.2) is 20.8 Å². The average molecular weight is 455 g/mol. The number of nitrogens with one attached hydrogen (secondary N) is 2. The molecule has 4 aromatic rings. The maximum Gasteiger partial charge on any atom is 0.206 e. The molecular weight excluding hydrogens is 432 g/mol. The smallest absolute Gasteiger partial charge is 0.206 e. The standard InChI is InChI=1S/C26H22N4O2S/c31-33(32,25-15-11-23(12-16-25)29-27-19-21-7-3-1-4-8-21)26-17-13-24(14-18-26)30-28-20-22-9-5-2-6-10-22/h1-20,29-30H/b27-19-,28-20+. The second-order valence-corrected chi connectivity index (χ2v) is 9.06. The molecule has 0 saturated carbocycles. The number of benzene rings is 4. The molecule has 7 heteroatoms. The highest BCUT2D eigenvalue weighted by Gasteiger charge is 2.17. The highest BCUT2D eigenvalue weighted by molar-refractivity contribution is 7.91. The van der Waals surface area contributed by atoms with Gasteiger partial charge in [-0.25, -0.2) is 8.42 Å². The van der Waals surface area contributed by atoms with Crippen molar-refractivity contribution in [1.29, 1.82) is 0 Å². The van der Waals surface area contributed by atoms with Crippen molar-refractivity contribution in [3.63, 3.8) is 0 Å². The Bertz CT molecular complexity index is 1230. The Hall–Kier alpha value is -4.23. The lowest BCUT2D eigenvalue weighted by Gasteiger charge is -2.07. The third-order valence-electron chi connectivity index (χ3n) is 4.74. The summed E-state index contributed by atoms with van der Waals surface area (Å²) in [6, 6.07) is 32.4. The molecule has 0 heterocycles. The largest absolute Gasteiger partial charge is 0.279 e. The van der Waals surface area contributed by atoms with E-state index in [1.54, 1.807) is 61.0 Å². The summed E-state index contributed by atoms with van der Waals surface area (Å²) in [7, 11) is -3.63. The Morgan fingerprint density at radius 3 is 1.24 bits per heavy atom. The fourth-order valence-electron chi connectivity index (χ4n) is 2.99. The highest BCUT2D eigenvalue weighted by atomic mass is 32.2. The molecule has 0 bridgehead atoms. The Balaban J connectivity index is 1.39. The van der Waals surface area contributed by atoms with Crippen molar-refractivity contribution < 1.29 is 8.42 Å². The van der Waals surface area contributed by atoms with Gasteiger partial charge >= 0.3 is 0 Å². The fraction of sp³-hybridized carbons (Fsp3) is 0. The number of rotatable bonds is 8. The van der Waals surface area contributed by atoms with Gasteiger partial charge in [0, 0.05) is 0 Å². The molecule has 0 aliphatic rings. The molecule has 0 spiro atoms. The van der Waals surface area contributed by atoms with Crippen LogP contribution in [0.1, 0.15) is 11.1 Å². The van der Waals surface area contributed by atoms with Crippen molar-refractivity contribution in [3.05, 3.63) is 120 Å². The summed E-state index contributed by atoms with van der Waals surface area (Å²) in [6.45, 7) is 0. The van der Waals surface area contributed by atoms with Gasteiger partial charge in [0.2, 0.25) is 9.84 Å². The minimum Gasteiger partial charge on any atom is -0.279 e. The quantitative estimate of drug-likeness (QED) is 0.275. The monoisotopic (exact) mass is 454 g/mol. The van der Waals surface area contributed by atoms with Gasteiger partial charge in [-0.3, -0.25) is 10.9 Å². The number of nitrogens with zero attached hydrogens (tertiary/aromatic N) is 2. The summed E-state index contributed by atoms with van der Waals surface area (Å²) in [5, 5.41) is 8.34. The van der Waals surface area contributed by atoms with Gasteiger partial charge in [0.1, 0.15) is 0 Å². The second kappa shape index (κ2) is 10.4. The van der Waals surface area contributed by atoms with E-state index in [2.05, 4.69) is 21.1 Å². The lowest BCUT2D eigenvalue weighted by Crippen LogP contribution is -2.02. The molecular formula is C26H22N4O2S. The Kier molecular flexibility index (Phi) is 6.92. The van der Waals surface area contributed by atoms with Gasteiger partial charge in [-0.2, -0.15) is 10.2 Å². The van der Waals surface area contributed by atoms with E-state index in [0.29, 0.717) is 11.4 Å². The van der Waals surface area contributed by atoms with Crippen molar-refractivity contribution in [1.82, 2.24) is 0 Å². The van der Waals surface area contributed by atoms with Gasteiger partial charge in [-0.1, -0.05) is 60.7 Å². The van der Waals surface area contributed by atoms with E-state index in [0.717, 1.165) is 11.1 Å². The van der Waals surface area contributed by atoms with Crippen LogP contribution in [0.15, 0.2) is 129 Å². The molecule has 0 saturated heterocycles. The summed E-state index contributed by atoms with van der Waals surface area (Å²) in [6.07, 6.45) is 3.40. The maximum absolute atomic E-state index is 13.0. The first-order valence-corrected chi connectivity index (χ1v) is 11.7. The minimum atomic E-state index is -3.63. The van der Waals surface area contributed by atoms with Crippen molar-refractivity contribution in [2.75, 3.05) is 10.9 Å². The zero-order chi connectivity index (χ0) is 22.9. The van der Waals surface area contributed by atoms with Crippen LogP contribution in [-0.2, 0) is 9.84 Å². The molecule has 0 aliphatic heterocycles. The van der Waals surface area contributed by atoms with Crippen LogP contribution in [0.25, 0.3) is 0 Å². The van der Waals surface area contributed by atoms with Crippen molar-refractivity contribution in [2.45, 2.75) is 9.79 Å². The normalized spacial score (nSPS) is 11.6. The van der Waals surface area contributed by atoms with E-state index in [1.807, 2.05) is 60.7 Å². The second-order valence-electron chi connectivity index (χ2n) is 7.11. The molecule has 0 radical (unpaired) electrons. The van der Waals surface area contributed by atoms with Gasteiger partial charge in [0.15, 0.2) is 0 Å². The number of hydrogen-bond acceptors (Lipinski definition) is 6. The molecule has 0 unspecified atom stereocenters. The Morgan fingerprint density at radius 2 is 0.879 bits per heavy atom. The predicted octanol–water partition coefficient (Wildman–Crippen LogP) is 5.41. The van der Waals surface area contributed by atoms with E-state index < -0.39 is 9.84 Å². The number of anilines is 2. The minimum absolute atomic E-state index is 0.211. The van der Waals surface area contributed by atoms with E-state index in [-0.39, 0.29) is 9.79 Å². The van der Waals surface area contributed by atoms with Gasteiger partial charge in [0.25, 0.3) is 0 Å². The highest BCUT2D eigenvalue weighted by Crippen LogP contribution is 2.23. The van der Waals surface area contributed by atoms with Gasteiger partial charge < -0.3 is 0 Å². The predicted molar refractivity (Wildman–Crippen MR) is 134 cm³/mol. The van der Waals surface area contributed by atoms with Crippen LogP contribution in [0.5, 0.6) is 0 Å². The molecule has 0 atom stereocenters. The first kappa shape index (κ1) is 22.0. The SMILES string of the molecule is O=S(=O)(c1ccc(N/N=C\c2ccccc2)cc1)c1ccc(N/N=C/c2ccccc2)cc1. The van der Waals surface area contributed by atoms with Crippen LogP contribution in [0.4, 0.5) is 11.4 Å². The van der Waals surface area contributed by atoms with Crippen molar-refractivity contribution >= 4 is 33.6 Å². The number of hydrazone groups is 2. The van der Waals surface area contributed by atoms with Gasteiger partial charge in [0.05, 0.1) is 33.6 Å². The molecule has 6 nitrogen and oxygen atoms in total. The Labute approximate surface area is 193 Å². The molecule has 33 heavy (non-hydrogen) atoms. The maximum atomic E-state index is 13.0. The van der Waals surface area contributed by atoms with E-state index >= 15 is 0 Å². The van der Waals surface area contributed by atoms with E-state index in [1.165, 1.54) is 0 Å². The van der Waals surface area contributed by atoms with Crippen LogP contribution < -0.4 is 10.9 Å². The molecule has 0 aromatic heterocycles. The zero-order valence-electron chi connectivity index (χ0n) is 17.7. The number of sulfone groups is 1. The summed E-state index contributed by atoms with van der Waals surface area (Å²) in [5.74, 6) is 0. The first-order valence-electron chi connectivity index (χ1n) is 10.2. The lowest BCUT2D eigenvalue weighted by atomic mass is 10.2. The molecule has 4 aromatic carbocycles. The molecule has 2 N–H and O–H groups in total. The van der Waals surface area contributed by atoms with E-state index in [9.17, 15) is 8.42 Å². The van der Waals surface area contributed by atoms with Crippen LogP contribution in [0, 0.1) is 0 Å². The molecule has 0 fully saturated rings. The number of hydrogen-bond donors (Lipinski definition) is 2. The molecule has 0 aliphatic carbocycles. The molecule has 4 rings (SSSR count). The molecule has 0 amide bonds. The first-order chi connectivity index (χ1) is 16.1. The Morgan fingerprint density at radius 1 is 0.515 bits per heavy atom. The van der Waals surface area contributed by atoms with Crippen molar-refractivity contribution in [2.24, 2.45) is 10.2 Å². The van der Waals surface area contributed by atoms with Gasteiger partial charge in [-0.15, -0.1) is 0 Å². The summed E-state index contributed by atoms with van der Waals surface area (Å²) in [4.78, 5) is 0.422. The zero-order valence-corrected chi connectivity index (χ0v) is 18.5. The third kappa shape index (κ3) is 5.93. The fourth-order valence-corrected chi connectivity index (χ4v) is 4.26. The van der Waals surface area contributed by atoms with E-state index in [4.69, 9.17) is 0 Å². The van der Waals surface area contributed by atoms with Gasteiger partial charge in [-0.05, 0) is 59.7 Å². The van der Waals surface area contributed by atoms with Crippen LogP contribution in [0.3, 0.4) is 0 Å². The van der Waals surface area contributed by atoms with Crippen molar-refractivity contribution in [3.8, 4) is 0 Å². The van der Waals surface area contributed by atoms with Crippen LogP contribution in [0.2, 0.25) is 0 Å². The third-order valence-corrected chi connectivity index (χ3v) is 6.53.